The Morgan fingerprint density at radius 2 is 1.57 bits per heavy atom. The van der Waals surface area contributed by atoms with Crippen molar-refractivity contribution in [1.82, 2.24) is 10.2 Å². The van der Waals surface area contributed by atoms with Gasteiger partial charge in [0.2, 0.25) is 0 Å². The van der Waals surface area contributed by atoms with Crippen LogP contribution in [0.4, 0.5) is 0 Å². The first-order valence-corrected chi connectivity index (χ1v) is 10.0. The van der Waals surface area contributed by atoms with Crippen LogP contribution >= 0.6 is 23.2 Å². The fourth-order valence-corrected chi connectivity index (χ4v) is 4.19. The van der Waals surface area contributed by atoms with Gasteiger partial charge in [0.05, 0.1) is 27.4 Å². The number of nitrogens with one attached hydrogen (secondary N) is 1. The van der Waals surface area contributed by atoms with Crippen molar-refractivity contribution in [2.24, 2.45) is 0 Å². The average Bonchev–Trinajstić information content (AvgIpc) is 2.98. The van der Waals surface area contributed by atoms with Crippen LogP contribution in [0.5, 0.6) is 17.2 Å². The summed E-state index contributed by atoms with van der Waals surface area (Å²) in [6, 6.07) is 9.39. The van der Waals surface area contributed by atoms with E-state index in [0.717, 1.165) is 49.5 Å². The summed E-state index contributed by atoms with van der Waals surface area (Å²) in [6.07, 6.45) is 1.05. The highest BCUT2D eigenvalue weighted by Crippen LogP contribution is 2.43. The highest BCUT2D eigenvalue weighted by Gasteiger charge is 2.29. The summed E-state index contributed by atoms with van der Waals surface area (Å²) in [7, 11) is 4.91. The summed E-state index contributed by atoms with van der Waals surface area (Å²) in [5.74, 6) is 2.01. The van der Waals surface area contributed by atoms with Crippen molar-refractivity contribution < 1.29 is 14.2 Å². The molecule has 0 aromatic heterocycles. The van der Waals surface area contributed by atoms with E-state index in [2.05, 4.69) is 10.2 Å². The Kier molecular flexibility index (Phi) is 7.30. The maximum Gasteiger partial charge on any atom is 0.164 e. The fraction of sp³-hybridized carbons (Fsp3) is 0.429. The molecule has 3 rings (SSSR count). The third kappa shape index (κ3) is 4.49. The topological polar surface area (TPSA) is 43.0 Å². The molecule has 1 heterocycles. The van der Waals surface area contributed by atoms with Crippen LogP contribution in [-0.4, -0.2) is 52.4 Å². The molecule has 5 nitrogen and oxygen atoms in total. The van der Waals surface area contributed by atoms with E-state index in [4.69, 9.17) is 37.4 Å². The van der Waals surface area contributed by atoms with Gasteiger partial charge in [0, 0.05) is 41.3 Å². The van der Waals surface area contributed by atoms with Crippen molar-refractivity contribution in [2.45, 2.75) is 12.5 Å². The summed E-state index contributed by atoms with van der Waals surface area (Å²) in [5.41, 5.74) is 1.96. The lowest BCUT2D eigenvalue weighted by Gasteiger charge is -2.33. The zero-order chi connectivity index (χ0) is 20.1. The van der Waals surface area contributed by atoms with Gasteiger partial charge in [0.1, 0.15) is 5.75 Å². The van der Waals surface area contributed by atoms with Crippen molar-refractivity contribution in [1.29, 1.82) is 0 Å². The Bertz CT molecular complexity index is 808. The Labute approximate surface area is 176 Å². The number of rotatable bonds is 6. The molecule has 0 bridgehead atoms. The van der Waals surface area contributed by atoms with E-state index in [9.17, 15) is 0 Å². The Morgan fingerprint density at radius 3 is 2.25 bits per heavy atom. The van der Waals surface area contributed by atoms with Crippen LogP contribution in [-0.2, 0) is 0 Å². The molecule has 0 saturated carbocycles. The third-order valence-corrected chi connectivity index (χ3v) is 5.59. The summed E-state index contributed by atoms with van der Waals surface area (Å²) >= 11 is 12.8. The second-order valence-corrected chi connectivity index (χ2v) is 7.50. The van der Waals surface area contributed by atoms with Crippen LogP contribution in [0.1, 0.15) is 23.6 Å². The zero-order valence-corrected chi connectivity index (χ0v) is 17.9. The lowest BCUT2D eigenvalue weighted by molar-refractivity contribution is 0.235. The number of benzene rings is 2. The minimum atomic E-state index is -0.0978. The molecular formula is C21H26Cl2N2O3. The predicted molar refractivity (Wildman–Crippen MR) is 113 cm³/mol. The standard InChI is InChI=1S/C21H26Cl2N2O3/c1-26-18-13-20(28-3)19(27-2)12-16(18)21(25-9-4-7-24-8-10-25)15-6-5-14(22)11-17(15)23/h5-6,11-13,21,24H,4,7-10H2,1-3H3. The van der Waals surface area contributed by atoms with Gasteiger partial charge in [-0.25, -0.2) is 0 Å². The van der Waals surface area contributed by atoms with Gasteiger partial charge in [-0.2, -0.15) is 0 Å². The Balaban J connectivity index is 2.18. The highest BCUT2D eigenvalue weighted by molar-refractivity contribution is 6.35. The maximum atomic E-state index is 6.64. The molecule has 0 aliphatic carbocycles. The summed E-state index contributed by atoms with van der Waals surface area (Å²) in [4.78, 5) is 2.42. The molecule has 2 aromatic rings. The smallest absolute Gasteiger partial charge is 0.164 e. The number of methoxy groups -OCH3 is 3. The van der Waals surface area contributed by atoms with Gasteiger partial charge in [0.25, 0.3) is 0 Å². The second kappa shape index (κ2) is 9.70. The van der Waals surface area contributed by atoms with Crippen LogP contribution in [0, 0.1) is 0 Å². The van der Waals surface area contributed by atoms with Gasteiger partial charge in [0.15, 0.2) is 11.5 Å². The van der Waals surface area contributed by atoms with Gasteiger partial charge in [-0.1, -0.05) is 29.3 Å². The molecule has 152 valence electrons. The minimum absolute atomic E-state index is 0.0978. The van der Waals surface area contributed by atoms with E-state index in [1.165, 1.54) is 0 Å². The molecule has 1 aliphatic rings. The number of hydrogen-bond donors (Lipinski definition) is 1. The number of nitrogens with zero attached hydrogens (tertiary/aromatic N) is 1. The second-order valence-electron chi connectivity index (χ2n) is 6.66. The average molecular weight is 425 g/mol. The van der Waals surface area contributed by atoms with Crippen molar-refractivity contribution in [3.8, 4) is 17.2 Å². The molecule has 1 N–H and O–H groups in total. The lowest BCUT2D eigenvalue weighted by Crippen LogP contribution is -2.33. The first-order chi connectivity index (χ1) is 13.6. The molecule has 1 unspecified atom stereocenters. The van der Waals surface area contributed by atoms with E-state index in [0.29, 0.717) is 21.5 Å². The van der Waals surface area contributed by atoms with E-state index in [-0.39, 0.29) is 6.04 Å². The Hall–Kier alpha value is -1.66. The SMILES string of the molecule is COc1cc(OC)c(C(c2ccc(Cl)cc2Cl)N2CCCNCC2)cc1OC. The van der Waals surface area contributed by atoms with Crippen LogP contribution in [0.25, 0.3) is 0 Å². The van der Waals surface area contributed by atoms with Gasteiger partial charge in [-0.15, -0.1) is 0 Å². The molecule has 1 aliphatic heterocycles. The van der Waals surface area contributed by atoms with Gasteiger partial charge < -0.3 is 19.5 Å². The van der Waals surface area contributed by atoms with Gasteiger partial charge in [-0.05, 0) is 36.7 Å². The zero-order valence-electron chi connectivity index (χ0n) is 16.4. The summed E-state index contributed by atoms with van der Waals surface area (Å²) < 4.78 is 16.7. The maximum absolute atomic E-state index is 6.64. The monoisotopic (exact) mass is 424 g/mol. The van der Waals surface area contributed by atoms with E-state index < -0.39 is 0 Å². The fourth-order valence-electron chi connectivity index (χ4n) is 3.68. The molecular weight excluding hydrogens is 399 g/mol. The molecule has 2 aromatic carbocycles. The summed E-state index contributed by atoms with van der Waals surface area (Å²) in [6.45, 7) is 3.74. The van der Waals surface area contributed by atoms with Crippen molar-refractivity contribution in [3.05, 3.63) is 51.5 Å². The predicted octanol–water partition coefficient (Wildman–Crippen LogP) is 4.40. The van der Waals surface area contributed by atoms with E-state index in [1.807, 2.05) is 24.3 Å². The third-order valence-electron chi connectivity index (χ3n) is 5.03. The largest absolute Gasteiger partial charge is 0.496 e. The molecule has 0 spiro atoms. The van der Waals surface area contributed by atoms with Crippen molar-refractivity contribution in [3.63, 3.8) is 0 Å². The molecule has 1 fully saturated rings. The molecule has 0 radical (unpaired) electrons. The van der Waals surface area contributed by atoms with Crippen molar-refractivity contribution >= 4 is 23.2 Å². The molecule has 1 atom stereocenters. The lowest BCUT2D eigenvalue weighted by atomic mass is 9.95. The highest BCUT2D eigenvalue weighted by atomic mass is 35.5. The van der Waals surface area contributed by atoms with Gasteiger partial charge >= 0.3 is 0 Å². The van der Waals surface area contributed by atoms with E-state index >= 15 is 0 Å². The molecule has 28 heavy (non-hydrogen) atoms. The summed E-state index contributed by atoms with van der Waals surface area (Å²) in [5, 5.41) is 4.70. The number of ether oxygens (including phenoxy) is 3. The van der Waals surface area contributed by atoms with E-state index in [1.54, 1.807) is 27.4 Å². The van der Waals surface area contributed by atoms with Crippen LogP contribution in [0.15, 0.2) is 30.3 Å². The minimum Gasteiger partial charge on any atom is -0.496 e. The first kappa shape index (κ1) is 21.1. The van der Waals surface area contributed by atoms with Gasteiger partial charge in [-0.3, -0.25) is 4.90 Å². The number of hydrogen-bond acceptors (Lipinski definition) is 5. The quantitative estimate of drug-likeness (QED) is 0.743. The number of halogens is 2. The van der Waals surface area contributed by atoms with Crippen LogP contribution in [0.2, 0.25) is 10.0 Å². The molecule has 1 saturated heterocycles. The normalized spacial score (nSPS) is 16.3. The first-order valence-electron chi connectivity index (χ1n) is 9.28. The Morgan fingerprint density at radius 1 is 0.857 bits per heavy atom. The molecule has 0 amide bonds. The van der Waals surface area contributed by atoms with Crippen molar-refractivity contribution in [2.75, 3.05) is 47.5 Å². The van der Waals surface area contributed by atoms with Crippen LogP contribution < -0.4 is 19.5 Å². The van der Waals surface area contributed by atoms with Crippen LogP contribution in [0.3, 0.4) is 0 Å². The molecule has 7 heteroatoms.